The van der Waals surface area contributed by atoms with Gasteiger partial charge in [0.1, 0.15) is 5.75 Å². The summed E-state index contributed by atoms with van der Waals surface area (Å²) in [5, 5.41) is 16.9. The van der Waals surface area contributed by atoms with Gasteiger partial charge in [-0.2, -0.15) is 0 Å². The number of rotatable bonds is 8. The second kappa shape index (κ2) is 10.1. The molecule has 1 unspecified atom stereocenters. The lowest BCUT2D eigenvalue weighted by molar-refractivity contribution is -0.139. The third kappa shape index (κ3) is 7.17. The Balaban J connectivity index is 1.97. The van der Waals surface area contributed by atoms with Gasteiger partial charge in [0.15, 0.2) is 6.61 Å². The SMILES string of the molecule is CC(C)NC(=O)Nc1cccc(C(=O)NC(C)c2ccc(OCC(=O)O)cc2)c1. The van der Waals surface area contributed by atoms with Gasteiger partial charge in [-0.3, -0.25) is 4.79 Å². The number of carboxylic acids is 1. The van der Waals surface area contributed by atoms with Crippen LogP contribution in [0.1, 0.15) is 42.7 Å². The number of carbonyl (C=O) groups excluding carboxylic acids is 2. The molecular formula is C21H25N3O5. The van der Waals surface area contributed by atoms with Gasteiger partial charge in [-0.25, -0.2) is 9.59 Å². The van der Waals surface area contributed by atoms with Gasteiger partial charge in [0.25, 0.3) is 5.91 Å². The predicted octanol–water partition coefficient (Wildman–Crippen LogP) is 3.17. The van der Waals surface area contributed by atoms with Gasteiger partial charge >= 0.3 is 12.0 Å². The molecule has 0 aliphatic rings. The van der Waals surface area contributed by atoms with Crippen molar-refractivity contribution in [2.45, 2.75) is 32.9 Å². The molecule has 0 heterocycles. The number of ether oxygens (including phenoxy) is 1. The van der Waals surface area contributed by atoms with Crippen molar-refractivity contribution in [3.05, 3.63) is 59.7 Å². The largest absolute Gasteiger partial charge is 0.482 e. The summed E-state index contributed by atoms with van der Waals surface area (Å²) >= 11 is 0. The minimum absolute atomic E-state index is 0.00301. The van der Waals surface area contributed by atoms with Gasteiger partial charge in [0.2, 0.25) is 0 Å². The Hall–Kier alpha value is -3.55. The van der Waals surface area contributed by atoms with E-state index >= 15 is 0 Å². The quantitative estimate of drug-likeness (QED) is 0.544. The summed E-state index contributed by atoms with van der Waals surface area (Å²) in [7, 11) is 0. The zero-order chi connectivity index (χ0) is 21.4. The molecule has 1 atom stereocenters. The fraction of sp³-hybridized carbons (Fsp3) is 0.286. The first-order valence-electron chi connectivity index (χ1n) is 9.17. The molecule has 0 aliphatic heterocycles. The molecule has 2 aromatic carbocycles. The van der Waals surface area contributed by atoms with Crippen LogP contribution in [0.3, 0.4) is 0 Å². The Labute approximate surface area is 169 Å². The van der Waals surface area contributed by atoms with Crippen LogP contribution in [0.15, 0.2) is 48.5 Å². The molecule has 0 aromatic heterocycles. The van der Waals surface area contributed by atoms with Crippen LogP contribution in [0.4, 0.5) is 10.5 Å². The zero-order valence-corrected chi connectivity index (χ0v) is 16.6. The van der Waals surface area contributed by atoms with Gasteiger partial charge in [-0.05, 0) is 56.7 Å². The highest BCUT2D eigenvalue weighted by molar-refractivity contribution is 5.97. The maximum atomic E-state index is 12.6. The Morgan fingerprint density at radius 1 is 1.00 bits per heavy atom. The second-order valence-corrected chi connectivity index (χ2v) is 6.78. The van der Waals surface area contributed by atoms with Crippen LogP contribution in [-0.2, 0) is 4.79 Å². The van der Waals surface area contributed by atoms with Gasteiger partial charge in [0, 0.05) is 17.3 Å². The monoisotopic (exact) mass is 399 g/mol. The van der Waals surface area contributed by atoms with E-state index in [1.54, 1.807) is 48.5 Å². The van der Waals surface area contributed by atoms with Crippen LogP contribution in [-0.4, -0.2) is 35.7 Å². The van der Waals surface area contributed by atoms with Crippen molar-refractivity contribution in [3.8, 4) is 5.75 Å². The molecule has 0 radical (unpaired) electrons. The number of hydrogen-bond donors (Lipinski definition) is 4. The Kier molecular flexibility index (Phi) is 7.59. The van der Waals surface area contributed by atoms with Crippen molar-refractivity contribution < 1.29 is 24.2 Å². The molecule has 0 spiro atoms. The molecule has 8 nitrogen and oxygen atoms in total. The maximum Gasteiger partial charge on any atom is 0.341 e. The molecule has 0 bridgehead atoms. The summed E-state index contributed by atoms with van der Waals surface area (Å²) in [5.41, 5.74) is 1.77. The number of amides is 3. The minimum Gasteiger partial charge on any atom is -0.482 e. The summed E-state index contributed by atoms with van der Waals surface area (Å²) in [6.45, 7) is 5.14. The van der Waals surface area contributed by atoms with Crippen LogP contribution < -0.4 is 20.7 Å². The van der Waals surface area contributed by atoms with Crippen LogP contribution in [0.2, 0.25) is 0 Å². The summed E-state index contributed by atoms with van der Waals surface area (Å²) in [4.78, 5) is 34.9. The minimum atomic E-state index is -1.05. The number of carbonyl (C=O) groups is 3. The van der Waals surface area contributed by atoms with E-state index in [4.69, 9.17) is 9.84 Å². The van der Waals surface area contributed by atoms with Gasteiger partial charge in [-0.15, -0.1) is 0 Å². The zero-order valence-electron chi connectivity index (χ0n) is 16.6. The number of aliphatic carboxylic acids is 1. The highest BCUT2D eigenvalue weighted by Gasteiger charge is 2.13. The van der Waals surface area contributed by atoms with Gasteiger partial charge in [-0.1, -0.05) is 18.2 Å². The van der Waals surface area contributed by atoms with Gasteiger partial charge in [0.05, 0.1) is 6.04 Å². The lowest BCUT2D eigenvalue weighted by atomic mass is 10.1. The fourth-order valence-corrected chi connectivity index (χ4v) is 2.53. The normalized spacial score (nSPS) is 11.4. The first-order chi connectivity index (χ1) is 13.7. The molecule has 154 valence electrons. The Bertz CT molecular complexity index is 865. The van der Waals surface area contributed by atoms with E-state index in [0.29, 0.717) is 17.0 Å². The first-order valence-corrected chi connectivity index (χ1v) is 9.17. The molecular weight excluding hydrogens is 374 g/mol. The van der Waals surface area contributed by atoms with Gasteiger partial charge < -0.3 is 25.8 Å². The molecule has 8 heteroatoms. The molecule has 0 saturated heterocycles. The van der Waals surface area contributed by atoms with Crippen molar-refractivity contribution in [2.24, 2.45) is 0 Å². The van der Waals surface area contributed by atoms with Crippen molar-refractivity contribution in [1.29, 1.82) is 0 Å². The summed E-state index contributed by atoms with van der Waals surface area (Å²) in [6.07, 6.45) is 0. The topological polar surface area (TPSA) is 117 Å². The molecule has 2 aromatic rings. The van der Waals surface area contributed by atoms with Crippen LogP contribution in [0.5, 0.6) is 5.75 Å². The maximum absolute atomic E-state index is 12.6. The average Bonchev–Trinajstić information content (AvgIpc) is 2.66. The van der Waals surface area contributed by atoms with E-state index < -0.39 is 12.6 Å². The molecule has 0 aliphatic carbocycles. The average molecular weight is 399 g/mol. The van der Waals surface area contributed by atoms with Crippen LogP contribution in [0.25, 0.3) is 0 Å². The first kappa shape index (κ1) is 21.7. The third-order valence-corrected chi connectivity index (χ3v) is 3.89. The summed E-state index contributed by atoms with van der Waals surface area (Å²) in [5.74, 6) is -0.891. The number of hydrogen-bond acceptors (Lipinski definition) is 4. The van der Waals surface area contributed by atoms with E-state index in [1.807, 2.05) is 20.8 Å². The molecule has 4 N–H and O–H groups in total. The van der Waals surface area contributed by atoms with Crippen LogP contribution in [0, 0.1) is 0 Å². The molecule has 29 heavy (non-hydrogen) atoms. The number of anilines is 1. The predicted molar refractivity (Wildman–Crippen MR) is 109 cm³/mol. The fourth-order valence-electron chi connectivity index (χ4n) is 2.53. The van der Waals surface area contributed by atoms with E-state index in [-0.39, 0.29) is 24.0 Å². The summed E-state index contributed by atoms with van der Waals surface area (Å²) in [6, 6.07) is 12.9. The smallest absolute Gasteiger partial charge is 0.341 e. The van der Waals surface area contributed by atoms with Crippen molar-refractivity contribution in [2.75, 3.05) is 11.9 Å². The Morgan fingerprint density at radius 3 is 2.31 bits per heavy atom. The number of urea groups is 1. The van der Waals surface area contributed by atoms with Crippen molar-refractivity contribution >= 4 is 23.6 Å². The Morgan fingerprint density at radius 2 is 1.69 bits per heavy atom. The van der Waals surface area contributed by atoms with E-state index in [9.17, 15) is 14.4 Å². The molecule has 3 amide bonds. The highest BCUT2D eigenvalue weighted by Crippen LogP contribution is 2.19. The van der Waals surface area contributed by atoms with E-state index in [1.165, 1.54) is 0 Å². The third-order valence-electron chi connectivity index (χ3n) is 3.89. The molecule has 0 saturated carbocycles. The lowest BCUT2D eigenvalue weighted by Crippen LogP contribution is -2.34. The second-order valence-electron chi connectivity index (χ2n) is 6.78. The summed E-state index contributed by atoms with van der Waals surface area (Å²) < 4.78 is 5.09. The molecule has 0 fully saturated rings. The lowest BCUT2D eigenvalue weighted by Gasteiger charge is -2.16. The van der Waals surface area contributed by atoms with E-state index in [2.05, 4.69) is 16.0 Å². The molecule has 2 rings (SSSR count). The number of benzene rings is 2. The van der Waals surface area contributed by atoms with E-state index in [0.717, 1.165) is 5.56 Å². The van der Waals surface area contributed by atoms with Crippen LogP contribution >= 0.6 is 0 Å². The van der Waals surface area contributed by atoms with Crippen molar-refractivity contribution in [1.82, 2.24) is 10.6 Å². The standard InChI is InChI=1S/C21H25N3O5/c1-13(2)22-21(28)24-17-6-4-5-16(11-17)20(27)23-14(3)15-7-9-18(10-8-15)29-12-19(25)26/h4-11,13-14H,12H2,1-3H3,(H,23,27)(H,25,26)(H2,22,24,28). The van der Waals surface area contributed by atoms with Crippen molar-refractivity contribution in [3.63, 3.8) is 0 Å². The number of nitrogens with one attached hydrogen (secondary N) is 3. The highest BCUT2D eigenvalue weighted by atomic mass is 16.5. The number of carboxylic acid groups (broad SMARTS) is 1.